The van der Waals surface area contributed by atoms with Crippen LogP contribution >= 0.6 is 0 Å². The van der Waals surface area contributed by atoms with Crippen LogP contribution in [0, 0.1) is 0 Å². The standard InChI is InChI=1S/C20H21NO5/c1-24-17-7-3-5-15(11-17)9-10-20(23)26-14-19(22)21-13-16-6-4-8-18(12-16)25-2/h3-12H,13-14H2,1-2H3,(H,21,22)/b10-9+. The SMILES string of the molecule is COc1cccc(/C=C/C(=O)OCC(=O)NCc2cccc(OC)c2)c1. The van der Waals surface area contributed by atoms with E-state index in [1.807, 2.05) is 42.5 Å². The number of methoxy groups -OCH3 is 2. The number of esters is 1. The van der Waals surface area contributed by atoms with Gasteiger partial charge < -0.3 is 19.5 Å². The lowest BCUT2D eigenvalue weighted by molar-refractivity contribution is -0.143. The molecule has 2 rings (SSSR count). The molecule has 0 unspecified atom stereocenters. The highest BCUT2D eigenvalue weighted by Crippen LogP contribution is 2.14. The van der Waals surface area contributed by atoms with Gasteiger partial charge in [0.2, 0.25) is 0 Å². The van der Waals surface area contributed by atoms with Crippen molar-refractivity contribution in [1.29, 1.82) is 0 Å². The van der Waals surface area contributed by atoms with E-state index in [0.29, 0.717) is 18.0 Å². The van der Waals surface area contributed by atoms with Gasteiger partial charge in [0.1, 0.15) is 11.5 Å². The molecule has 0 aromatic heterocycles. The number of rotatable bonds is 8. The lowest BCUT2D eigenvalue weighted by Crippen LogP contribution is -2.28. The minimum absolute atomic E-state index is 0.327. The van der Waals surface area contributed by atoms with Crippen molar-refractivity contribution in [1.82, 2.24) is 5.32 Å². The molecule has 1 amide bonds. The molecular formula is C20H21NO5. The van der Waals surface area contributed by atoms with E-state index < -0.39 is 5.97 Å². The summed E-state index contributed by atoms with van der Waals surface area (Å²) in [7, 11) is 3.15. The minimum atomic E-state index is -0.593. The fourth-order valence-corrected chi connectivity index (χ4v) is 2.13. The summed E-state index contributed by atoms with van der Waals surface area (Å²) in [6.45, 7) is -0.0154. The van der Waals surface area contributed by atoms with E-state index in [4.69, 9.17) is 14.2 Å². The van der Waals surface area contributed by atoms with Gasteiger partial charge in [0.05, 0.1) is 14.2 Å². The summed E-state index contributed by atoms with van der Waals surface area (Å²) in [6.07, 6.45) is 2.86. The number of carbonyl (C=O) groups is 2. The van der Waals surface area contributed by atoms with Crippen LogP contribution < -0.4 is 14.8 Å². The quantitative estimate of drug-likeness (QED) is 0.582. The van der Waals surface area contributed by atoms with Gasteiger partial charge in [0.15, 0.2) is 6.61 Å². The largest absolute Gasteiger partial charge is 0.497 e. The van der Waals surface area contributed by atoms with Gasteiger partial charge in [0.25, 0.3) is 5.91 Å². The number of benzene rings is 2. The summed E-state index contributed by atoms with van der Waals surface area (Å²) in [4.78, 5) is 23.5. The van der Waals surface area contributed by atoms with Gasteiger partial charge in [-0.05, 0) is 41.5 Å². The van der Waals surface area contributed by atoms with E-state index in [0.717, 1.165) is 11.1 Å². The third kappa shape index (κ3) is 6.32. The first-order valence-electron chi connectivity index (χ1n) is 7.99. The zero-order chi connectivity index (χ0) is 18.8. The number of hydrogen-bond acceptors (Lipinski definition) is 5. The van der Waals surface area contributed by atoms with E-state index in [9.17, 15) is 9.59 Å². The zero-order valence-electron chi connectivity index (χ0n) is 14.7. The first-order chi connectivity index (χ1) is 12.6. The molecule has 0 aliphatic heterocycles. The molecule has 0 saturated carbocycles. The third-order valence-corrected chi connectivity index (χ3v) is 3.48. The van der Waals surface area contributed by atoms with Crippen LogP contribution in [0.2, 0.25) is 0 Å². The maximum atomic E-state index is 11.8. The Bertz CT molecular complexity index is 785. The molecule has 136 valence electrons. The van der Waals surface area contributed by atoms with Crippen molar-refractivity contribution >= 4 is 18.0 Å². The summed E-state index contributed by atoms with van der Waals surface area (Å²) < 4.78 is 15.2. The van der Waals surface area contributed by atoms with Crippen LogP contribution in [0.15, 0.2) is 54.6 Å². The van der Waals surface area contributed by atoms with E-state index in [-0.39, 0.29) is 12.5 Å². The fraction of sp³-hybridized carbons (Fsp3) is 0.200. The van der Waals surface area contributed by atoms with Crippen molar-refractivity contribution in [3.05, 3.63) is 65.7 Å². The van der Waals surface area contributed by atoms with Crippen LogP contribution in [0.3, 0.4) is 0 Å². The maximum absolute atomic E-state index is 11.8. The summed E-state index contributed by atoms with van der Waals surface area (Å²) in [5.41, 5.74) is 1.69. The smallest absolute Gasteiger partial charge is 0.331 e. The van der Waals surface area contributed by atoms with Crippen molar-refractivity contribution in [2.45, 2.75) is 6.54 Å². The molecule has 2 aromatic carbocycles. The average molecular weight is 355 g/mol. The lowest BCUT2D eigenvalue weighted by atomic mass is 10.2. The molecule has 0 heterocycles. The molecule has 6 heteroatoms. The lowest BCUT2D eigenvalue weighted by Gasteiger charge is -2.07. The van der Waals surface area contributed by atoms with Crippen LogP contribution in [0.5, 0.6) is 11.5 Å². The molecule has 6 nitrogen and oxygen atoms in total. The predicted molar refractivity (Wildman–Crippen MR) is 97.8 cm³/mol. The second-order valence-corrected chi connectivity index (χ2v) is 5.35. The Labute approximate surface area is 152 Å². The Morgan fingerprint density at radius 2 is 1.69 bits per heavy atom. The average Bonchev–Trinajstić information content (AvgIpc) is 2.69. The van der Waals surface area contributed by atoms with Crippen molar-refractivity contribution in [3.8, 4) is 11.5 Å². The fourth-order valence-electron chi connectivity index (χ4n) is 2.13. The summed E-state index contributed by atoms with van der Waals surface area (Å²) >= 11 is 0. The van der Waals surface area contributed by atoms with Crippen molar-refractivity contribution in [3.63, 3.8) is 0 Å². The maximum Gasteiger partial charge on any atom is 0.331 e. The van der Waals surface area contributed by atoms with Gasteiger partial charge in [-0.15, -0.1) is 0 Å². The second-order valence-electron chi connectivity index (χ2n) is 5.35. The Kier molecular flexibility index (Phi) is 7.24. The van der Waals surface area contributed by atoms with Crippen molar-refractivity contribution < 1.29 is 23.8 Å². The first kappa shape index (κ1) is 19.1. The monoisotopic (exact) mass is 355 g/mol. The highest BCUT2D eigenvalue weighted by atomic mass is 16.5. The van der Waals surface area contributed by atoms with Crippen LogP contribution in [0.1, 0.15) is 11.1 Å². The van der Waals surface area contributed by atoms with Crippen molar-refractivity contribution in [2.75, 3.05) is 20.8 Å². The molecule has 0 bridgehead atoms. The summed E-state index contributed by atoms with van der Waals surface area (Å²) in [6, 6.07) is 14.6. The highest BCUT2D eigenvalue weighted by Gasteiger charge is 2.05. The zero-order valence-corrected chi connectivity index (χ0v) is 14.7. The molecule has 0 aliphatic carbocycles. The molecule has 26 heavy (non-hydrogen) atoms. The summed E-state index contributed by atoms with van der Waals surface area (Å²) in [5.74, 6) is 0.434. The van der Waals surface area contributed by atoms with Crippen molar-refractivity contribution in [2.24, 2.45) is 0 Å². The number of hydrogen-bond donors (Lipinski definition) is 1. The molecule has 2 aromatic rings. The number of amides is 1. The van der Waals surface area contributed by atoms with E-state index in [1.165, 1.54) is 6.08 Å². The number of carbonyl (C=O) groups excluding carboxylic acids is 2. The van der Waals surface area contributed by atoms with Crippen LogP contribution in [0.25, 0.3) is 6.08 Å². The Hall–Kier alpha value is -3.28. The first-order valence-corrected chi connectivity index (χ1v) is 7.99. The second kappa shape index (κ2) is 9.88. The minimum Gasteiger partial charge on any atom is -0.497 e. The molecule has 0 atom stereocenters. The molecule has 0 spiro atoms. The normalized spacial score (nSPS) is 10.4. The Morgan fingerprint density at radius 1 is 1.00 bits per heavy atom. The number of nitrogens with one attached hydrogen (secondary N) is 1. The van der Waals surface area contributed by atoms with Crippen LogP contribution in [-0.4, -0.2) is 32.7 Å². The highest BCUT2D eigenvalue weighted by molar-refractivity contribution is 5.89. The van der Waals surface area contributed by atoms with Crippen LogP contribution in [-0.2, 0) is 20.9 Å². The van der Waals surface area contributed by atoms with Gasteiger partial charge in [-0.3, -0.25) is 4.79 Å². The Balaban J connectivity index is 1.75. The van der Waals surface area contributed by atoms with Gasteiger partial charge in [-0.2, -0.15) is 0 Å². The molecule has 0 aliphatic rings. The molecule has 0 fully saturated rings. The van der Waals surface area contributed by atoms with Gasteiger partial charge in [-0.1, -0.05) is 24.3 Å². The molecule has 0 radical (unpaired) electrons. The summed E-state index contributed by atoms with van der Waals surface area (Å²) in [5, 5.41) is 2.68. The van der Waals surface area contributed by atoms with Gasteiger partial charge in [-0.25, -0.2) is 4.79 Å². The van der Waals surface area contributed by atoms with E-state index >= 15 is 0 Å². The predicted octanol–water partition coefficient (Wildman–Crippen LogP) is 2.58. The van der Waals surface area contributed by atoms with E-state index in [1.54, 1.807) is 26.4 Å². The molecule has 1 N–H and O–H groups in total. The van der Waals surface area contributed by atoms with Gasteiger partial charge in [0, 0.05) is 12.6 Å². The van der Waals surface area contributed by atoms with Crippen LogP contribution in [0.4, 0.5) is 0 Å². The number of ether oxygens (including phenoxy) is 3. The van der Waals surface area contributed by atoms with E-state index in [2.05, 4.69) is 5.32 Å². The van der Waals surface area contributed by atoms with Gasteiger partial charge >= 0.3 is 5.97 Å². The molecule has 0 saturated heterocycles. The topological polar surface area (TPSA) is 73.9 Å². The Morgan fingerprint density at radius 3 is 2.42 bits per heavy atom. The molecular weight excluding hydrogens is 334 g/mol. The third-order valence-electron chi connectivity index (χ3n) is 3.48.